The molecule has 0 aliphatic carbocycles. The molecule has 1 aromatic carbocycles. The zero-order chi connectivity index (χ0) is 14.1. The van der Waals surface area contributed by atoms with E-state index in [1.807, 2.05) is 23.1 Å². The number of amides is 2. The molecule has 2 aliphatic heterocycles. The third kappa shape index (κ3) is 2.19. The molecular weight excluding hydrogens is 252 g/mol. The maximum atomic E-state index is 12.7. The van der Waals surface area contributed by atoms with E-state index in [2.05, 4.69) is 0 Å². The molecule has 2 heterocycles. The second-order valence-corrected chi connectivity index (χ2v) is 5.58. The monoisotopic (exact) mass is 272 g/mol. The van der Waals surface area contributed by atoms with Gasteiger partial charge in [-0.05, 0) is 43.4 Å². The lowest BCUT2D eigenvalue weighted by Gasteiger charge is -2.27. The van der Waals surface area contributed by atoms with Gasteiger partial charge in [-0.3, -0.25) is 9.59 Å². The summed E-state index contributed by atoms with van der Waals surface area (Å²) in [7, 11) is 0. The molecule has 2 aliphatic rings. The molecule has 0 spiro atoms. The summed E-state index contributed by atoms with van der Waals surface area (Å²) in [5.74, 6) is 0.179. The van der Waals surface area contributed by atoms with Crippen LogP contribution in [0.25, 0.3) is 0 Å². The number of hydrogen-bond acceptors (Lipinski definition) is 2. The van der Waals surface area contributed by atoms with Gasteiger partial charge in [-0.25, -0.2) is 0 Å². The summed E-state index contributed by atoms with van der Waals surface area (Å²) < 4.78 is 0. The van der Waals surface area contributed by atoms with Crippen LogP contribution in [0.5, 0.6) is 0 Å². The zero-order valence-electron chi connectivity index (χ0n) is 11.9. The van der Waals surface area contributed by atoms with Gasteiger partial charge in [0.15, 0.2) is 0 Å². The highest BCUT2D eigenvalue weighted by molar-refractivity contribution is 6.01. The van der Waals surface area contributed by atoms with Crippen molar-refractivity contribution in [3.8, 4) is 0 Å². The highest BCUT2D eigenvalue weighted by Gasteiger charge is 2.28. The summed E-state index contributed by atoms with van der Waals surface area (Å²) in [5.41, 5.74) is 2.74. The van der Waals surface area contributed by atoms with E-state index in [0.717, 1.165) is 49.2 Å². The molecule has 0 atom stereocenters. The highest BCUT2D eigenvalue weighted by Crippen LogP contribution is 2.31. The lowest BCUT2D eigenvalue weighted by Crippen LogP contribution is -2.36. The average molecular weight is 272 g/mol. The Morgan fingerprint density at radius 3 is 2.50 bits per heavy atom. The van der Waals surface area contributed by atoms with Crippen LogP contribution >= 0.6 is 0 Å². The number of carbonyl (C=O) groups is 2. The van der Waals surface area contributed by atoms with Crippen LogP contribution in [0.3, 0.4) is 0 Å². The third-order valence-electron chi connectivity index (χ3n) is 4.28. The van der Waals surface area contributed by atoms with Gasteiger partial charge in [-0.2, -0.15) is 0 Å². The summed E-state index contributed by atoms with van der Waals surface area (Å²) >= 11 is 0. The molecule has 0 unspecified atom stereocenters. The first-order valence-electron chi connectivity index (χ1n) is 7.38. The van der Waals surface area contributed by atoms with Gasteiger partial charge < -0.3 is 9.80 Å². The Morgan fingerprint density at radius 2 is 1.80 bits per heavy atom. The van der Waals surface area contributed by atoms with Gasteiger partial charge in [-0.1, -0.05) is 6.07 Å². The summed E-state index contributed by atoms with van der Waals surface area (Å²) in [6.45, 7) is 3.99. The minimum absolute atomic E-state index is 0.0475. The van der Waals surface area contributed by atoms with Crippen molar-refractivity contribution < 1.29 is 9.59 Å². The van der Waals surface area contributed by atoms with Crippen molar-refractivity contribution in [1.82, 2.24) is 4.90 Å². The molecule has 0 aromatic heterocycles. The molecular formula is C16H20N2O2. The summed E-state index contributed by atoms with van der Waals surface area (Å²) in [6.07, 6.45) is 4.19. The van der Waals surface area contributed by atoms with E-state index in [1.54, 1.807) is 11.8 Å². The van der Waals surface area contributed by atoms with Crippen molar-refractivity contribution in [1.29, 1.82) is 0 Å². The van der Waals surface area contributed by atoms with Crippen LogP contribution < -0.4 is 4.90 Å². The van der Waals surface area contributed by atoms with Crippen LogP contribution in [-0.2, 0) is 11.2 Å². The standard InChI is InChI=1S/C16H20N2O2/c1-12(19)18-11-8-13-14(6-5-7-15(13)18)16(20)17-9-3-2-4-10-17/h5-7H,2-4,8-11H2,1H3. The maximum absolute atomic E-state index is 12.7. The van der Waals surface area contributed by atoms with E-state index in [0.29, 0.717) is 6.54 Å². The molecule has 0 radical (unpaired) electrons. The minimum atomic E-state index is 0.0475. The SMILES string of the molecule is CC(=O)N1CCc2c(C(=O)N3CCCCC3)cccc21. The Labute approximate surface area is 119 Å². The Hall–Kier alpha value is -1.84. The first-order valence-corrected chi connectivity index (χ1v) is 7.38. The number of rotatable bonds is 1. The molecule has 0 N–H and O–H groups in total. The minimum Gasteiger partial charge on any atom is -0.339 e. The number of likely N-dealkylation sites (tertiary alicyclic amines) is 1. The lowest BCUT2D eigenvalue weighted by molar-refractivity contribution is -0.116. The molecule has 20 heavy (non-hydrogen) atoms. The van der Waals surface area contributed by atoms with Gasteiger partial charge in [0, 0.05) is 37.8 Å². The van der Waals surface area contributed by atoms with Crippen LogP contribution in [-0.4, -0.2) is 36.3 Å². The summed E-state index contributed by atoms with van der Waals surface area (Å²) in [6, 6.07) is 5.73. The van der Waals surface area contributed by atoms with Crippen LogP contribution in [0.15, 0.2) is 18.2 Å². The quantitative estimate of drug-likeness (QED) is 0.786. The first-order chi connectivity index (χ1) is 9.68. The summed E-state index contributed by atoms with van der Waals surface area (Å²) in [5, 5.41) is 0. The van der Waals surface area contributed by atoms with Crippen LogP contribution in [0.1, 0.15) is 42.1 Å². The number of carbonyl (C=O) groups excluding carboxylic acids is 2. The number of benzene rings is 1. The fourth-order valence-corrected chi connectivity index (χ4v) is 3.23. The van der Waals surface area contributed by atoms with E-state index in [-0.39, 0.29) is 11.8 Å². The number of fused-ring (bicyclic) bond motifs is 1. The molecule has 4 nitrogen and oxygen atoms in total. The van der Waals surface area contributed by atoms with E-state index in [9.17, 15) is 9.59 Å². The van der Waals surface area contributed by atoms with Crippen molar-refractivity contribution in [2.24, 2.45) is 0 Å². The zero-order valence-corrected chi connectivity index (χ0v) is 11.9. The van der Waals surface area contributed by atoms with Gasteiger partial charge in [0.2, 0.25) is 5.91 Å². The molecule has 0 bridgehead atoms. The molecule has 106 valence electrons. The molecule has 0 saturated carbocycles. The molecule has 3 rings (SSSR count). The molecule has 1 fully saturated rings. The van der Waals surface area contributed by atoms with E-state index in [4.69, 9.17) is 0 Å². The van der Waals surface area contributed by atoms with Gasteiger partial charge >= 0.3 is 0 Å². The Morgan fingerprint density at radius 1 is 1.05 bits per heavy atom. The van der Waals surface area contributed by atoms with Crippen molar-refractivity contribution in [3.63, 3.8) is 0 Å². The fraction of sp³-hybridized carbons (Fsp3) is 0.500. The molecule has 1 aromatic rings. The van der Waals surface area contributed by atoms with Gasteiger partial charge in [0.05, 0.1) is 0 Å². The second kappa shape index (κ2) is 5.27. The predicted molar refractivity (Wildman–Crippen MR) is 77.9 cm³/mol. The number of nitrogens with zero attached hydrogens (tertiary/aromatic N) is 2. The average Bonchev–Trinajstić information content (AvgIpc) is 2.91. The highest BCUT2D eigenvalue weighted by atomic mass is 16.2. The van der Waals surface area contributed by atoms with Crippen LogP contribution in [0.4, 0.5) is 5.69 Å². The Kier molecular flexibility index (Phi) is 3.47. The first kappa shape index (κ1) is 13.2. The summed E-state index contributed by atoms with van der Waals surface area (Å²) in [4.78, 5) is 28.0. The van der Waals surface area contributed by atoms with E-state index in [1.165, 1.54) is 6.42 Å². The molecule has 2 amide bonds. The third-order valence-corrected chi connectivity index (χ3v) is 4.28. The molecule has 4 heteroatoms. The topological polar surface area (TPSA) is 40.6 Å². The van der Waals surface area contributed by atoms with E-state index >= 15 is 0 Å². The second-order valence-electron chi connectivity index (χ2n) is 5.58. The Bertz CT molecular complexity index is 547. The fourth-order valence-electron chi connectivity index (χ4n) is 3.23. The number of anilines is 1. The normalized spacial score (nSPS) is 18.1. The molecule has 1 saturated heterocycles. The smallest absolute Gasteiger partial charge is 0.254 e. The van der Waals surface area contributed by atoms with Crippen LogP contribution in [0, 0.1) is 0 Å². The van der Waals surface area contributed by atoms with Crippen LogP contribution in [0.2, 0.25) is 0 Å². The van der Waals surface area contributed by atoms with Crippen molar-refractivity contribution in [3.05, 3.63) is 29.3 Å². The van der Waals surface area contributed by atoms with Crippen molar-refractivity contribution >= 4 is 17.5 Å². The largest absolute Gasteiger partial charge is 0.339 e. The van der Waals surface area contributed by atoms with E-state index < -0.39 is 0 Å². The number of hydrogen-bond donors (Lipinski definition) is 0. The van der Waals surface area contributed by atoms with Crippen molar-refractivity contribution in [2.45, 2.75) is 32.6 Å². The van der Waals surface area contributed by atoms with Gasteiger partial charge in [0.1, 0.15) is 0 Å². The maximum Gasteiger partial charge on any atom is 0.254 e. The lowest BCUT2D eigenvalue weighted by atomic mass is 10.0. The number of piperidine rings is 1. The Balaban J connectivity index is 1.91. The van der Waals surface area contributed by atoms with Gasteiger partial charge in [-0.15, -0.1) is 0 Å². The van der Waals surface area contributed by atoms with Crippen molar-refractivity contribution in [2.75, 3.05) is 24.5 Å². The predicted octanol–water partition coefficient (Wildman–Crippen LogP) is 2.22. The van der Waals surface area contributed by atoms with Gasteiger partial charge in [0.25, 0.3) is 5.91 Å².